The van der Waals surface area contributed by atoms with E-state index in [9.17, 15) is 0 Å². The number of thiazole rings is 2. The average Bonchev–Trinajstić information content (AvgIpc) is 3.68. The normalized spacial score (nSPS) is 13.5. The quantitative estimate of drug-likeness (QED) is 0.199. The lowest BCUT2D eigenvalue weighted by molar-refractivity contribution is 0.661. The summed E-state index contributed by atoms with van der Waals surface area (Å²) >= 11 is 3.44. The lowest BCUT2D eigenvalue weighted by Crippen LogP contribution is -2.14. The van der Waals surface area contributed by atoms with Crippen molar-refractivity contribution in [2.75, 3.05) is 0 Å². The van der Waals surface area contributed by atoms with Crippen molar-refractivity contribution in [3.05, 3.63) is 120 Å². The Kier molecular flexibility index (Phi) is 5.25. The highest BCUT2D eigenvalue weighted by molar-refractivity contribution is 7.21. The van der Waals surface area contributed by atoms with E-state index in [-0.39, 0.29) is 5.41 Å². The SMILES string of the molecule is C=Cc1nc(-c2c3ccccc3c(-c3nc4ccccc4s3)c3cc4c(cc23)C(C)(C)c2ccccc2-4)sc1C=C. The summed E-state index contributed by atoms with van der Waals surface area (Å²) in [5, 5.41) is 6.82. The highest BCUT2D eigenvalue weighted by Crippen LogP contribution is 2.53. The largest absolute Gasteiger partial charge is 0.236 e. The third-order valence-corrected chi connectivity index (χ3v) is 10.6. The number of rotatable bonds is 4. The summed E-state index contributed by atoms with van der Waals surface area (Å²) in [6.07, 6.45) is 3.71. The van der Waals surface area contributed by atoms with Crippen LogP contribution in [0.2, 0.25) is 0 Å². The first-order chi connectivity index (χ1) is 20.0. The van der Waals surface area contributed by atoms with Crippen molar-refractivity contribution in [1.29, 1.82) is 0 Å². The van der Waals surface area contributed by atoms with Gasteiger partial charge in [-0.3, -0.25) is 0 Å². The molecule has 0 bridgehead atoms. The maximum Gasteiger partial charge on any atom is 0.125 e. The number of nitrogens with zero attached hydrogens (tertiary/aromatic N) is 2. The first-order valence-corrected chi connectivity index (χ1v) is 15.4. The molecular formula is C37H26N2S2. The molecule has 0 fully saturated rings. The van der Waals surface area contributed by atoms with Gasteiger partial charge >= 0.3 is 0 Å². The van der Waals surface area contributed by atoms with Gasteiger partial charge in [0.05, 0.1) is 20.8 Å². The van der Waals surface area contributed by atoms with Gasteiger partial charge in [0.1, 0.15) is 10.0 Å². The van der Waals surface area contributed by atoms with Gasteiger partial charge in [-0.05, 0) is 80.2 Å². The van der Waals surface area contributed by atoms with Crippen LogP contribution in [0.4, 0.5) is 0 Å². The zero-order valence-corrected chi connectivity index (χ0v) is 24.5. The predicted molar refractivity (Wildman–Crippen MR) is 179 cm³/mol. The van der Waals surface area contributed by atoms with Crippen LogP contribution in [0.1, 0.15) is 35.5 Å². The van der Waals surface area contributed by atoms with E-state index in [0.717, 1.165) is 31.7 Å². The van der Waals surface area contributed by atoms with E-state index >= 15 is 0 Å². The van der Waals surface area contributed by atoms with Crippen LogP contribution in [0.5, 0.6) is 0 Å². The molecule has 1 aliphatic rings. The van der Waals surface area contributed by atoms with Crippen LogP contribution in [0.3, 0.4) is 0 Å². The fourth-order valence-electron chi connectivity index (χ4n) is 6.55. The average molecular weight is 563 g/mol. The Bertz CT molecular complexity index is 2170. The van der Waals surface area contributed by atoms with Crippen molar-refractivity contribution in [1.82, 2.24) is 9.97 Å². The Morgan fingerprint density at radius 2 is 1.29 bits per heavy atom. The molecule has 2 aromatic heterocycles. The maximum atomic E-state index is 5.18. The first-order valence-electron chi connectivity index (χ1n) is 13.7. The minimum atomic E-state index is -0.111. The second-order valence-corrected chi connectivity index (χ2v) is 13.1. The highest BCUT2D eigenvalue weighted by atomic mass is 32.1. The van der Waals surface area contributed by atoms with Gasteiger partial charge in [-0.15, -0.1) is 22.7 Å². The molecule has 4 heteroatoms. The molecule has 2 nitrogen and oxygen atoms in total. The summed E-state index contributed by atoms with van der Waals surface area (Å²) in [7, 11) is 0. The second kappa shape index (κ2) is 8.81. The van der Waals surface area contributed by atoms with Gasteiger partial charge in [-0.2, -0.15) is 0 Å². The van der Waals surface area contributed by atoms with Gasteiger partial charge in [-0.1, -0.05) is 87.7 Å². The zero-order chi connectivity index (χ0) is 27.9. The zero-order valence-electron chi connectivity index (χ0n) is 22.9. The Balaban J connectivity index is 1.58. The third kappa shape index (κ3) is 3.41. The molecule has 196 valence electrons. The molecular weight excluding hydrogens is 537 g/mol. The lowest BCUT2D eigenvalue weighted by atomic mass is 9.81. The van der Waals surface area contributed by atoms with E-state index in [2.05, 4.69) is 112 Å². The van der Waals surface area contributed by atoms with Crippen molar-refractivity contribution in [3.63, 3.8) is 0 Å². The van der Waals surface area contributed by atoms with Crippen molar-refractivity contribution in [3.8, 4) is 32.3 Å². The Morgan fingerprint density at radius 1 is 0.634 bits per heavy atom. The van der Waals surface area contributed by atoms with E-state index in [4.69, 9.17) is 9.97 Å². The molecule has 0 unspecified atom stereocenters. The smallest absolute Gasteiger partial charge is 0.125 e. The summed E-state index contributed by atoms with van der Waals surface area (Å²) < 4.78 is 1.20. The standard InChI is InChI=1S/C37H26N2S2/c1-5-29-31(6-2)40-35(38-29)34-23-15-8-7-14-22(23)33(36-39-30-17-11-12-18-32(30)41-36)25-19-24-21-13-9-10-16-27(21)37(3,4)28(24)20-26(25)34/h5-20H,1-2H2,3-4H3. The third-order valence-electron chi connectivity index (χ3n) is 8.51. The minimum Gasteiger partial charge on any atom is -0.236 e. The topological polar surface area (TPSA) is 25.8 Å². The van der Waals surface area contributed by atoms with Gasteiger partial charge in [0.15, 0.2) is 0 Å². The molecule has 2 heterocycles. The molecule has 0 saturated heterocycles. The molecule has 0 N–H and O–H groups in total. The molecule has 7 aromatic rings. The van der Waals surface area contributed by atoms with Gasteiger partial charge in [0.25, 0.3) is 0 Å². The molecule has 0 saturated carbocycles. The molecule has 0 aliphatic heterocycles. The van der Waals surface area contributed by atoms with E-state index in [1.54, 1.807) is 22.7 Å². The molecule has 1 aliphatic carbocycles. The van der Waals surface area contributed by atoms with Crippen LogP contribution in [0, 0.1) is 0 Å². The Hall–Kier alpha value is -4.38. The Morgan fingerprint density at radius 3 is 2.00 bits per heavy atom. The number of para-hydroxylation sites is 1. The number of hydrogen-bond acceptors (Lipinski definition) is 4. The van der Waals surface area contributed by atoms with Crippen molar-refractivity contribution < 1.29 is 0 Å². The Labute approximate surface area is 247 Å². The van der Waals surface area contributed by atoms with E-state index < -0.39 is 0 Å². The molecule has 0 spiro atoms. The molecule has 5 aromatic carbocycles. The van der Waals surface area contributed by atoms with Gasteiger partial charge < -0.3 is 0 Å². The van der Waals surface area contributed by atoms with Gasteiger partial charge in [0, 0.05) is 16.5 Å². The van der Waals surface area contributed by atoms with Crippen LogP contribution in [-0.4, -0.2) is 9.97 Å². The van der Waals surface area contributed by atoms with Crippen LogP contribution in [0.15, 0.2) is 98.1 Å². The maximum absolute atomic E-state index is 5.18. The molecule has 0 atom stereocenters. The molecule has 8 rings (SSSR count). The van der Waals surface area contributed by atoms with Crippen LogP contribution in [-0.2, 0) is 5.41 Å². The van der Waals surface area contributed by atoms with E-state index in [0.29, 0.717) is 0 Å². The minimum absolute atomic E-state index is 0.111. The first kappa shape index (κ1) is 24.4. The summed E-state index contributed by atoms with van der Waals surface area (Å²) in [4.78, 5) is 11.3. The fourth-order valence-corrected chi connectivity index (χ4v) is 8.58. The van der Waals surface area contributed by atoms with Crippen molar-refractivity contribution >= 4 is 66.6 Å². The summed E-state index contributed by atoms with van der Waals surface area (Å²) in [5.41, 5.74) is 9.49. The van der Waals surface area contributed by atoms with Crippen LogP contribution >= 0.6 is 22.7 Å². The van der Waals surface area contributed by atoms with Crippen molar-refractivity contribution in [2.24, 2.45) is 0 Å². The number of aromatic nitrogens is 2. The molecule has 41 heavy (non-hydrogen) atoms. The van der Waals surface area contributed by atoms with Crippen LogP contribution < -0.4 is 0 Å². The second-order valence-electron chi connectivity index (χ2n) is 11.1. The molecule has 0 amide bonds. The van der Waals surface area contributed by atoms with Crippen molar-refractivity contribution in [2.45, 2.75) is 19.3 Å². The monoisotopic (exact) mass is 562 g/mol. The van der Waals surface area contributed by atoms with E-state index in [1.807, 2.05) is 12.2 Å². The number of hydrogen-bond donors (Lipinski definition) is 0. The summed E-state index contributed by atoms with van der Waals surface area (Å²) in [6.45, 7) is 12.8. The number of benzene rings is 5. The lowest BCUT2D eigenvalue weighted by Gasteiger charge is -2.23. The fraction of sp³-hybridized carbons (Fsp3) is 0.0811. The van der Waals surface area contributed by atoms with Crippen LogP contribution in [0.25, 0.3) is 76.2 Å². The summed E-state index contributed by atoms with van der Waals surface area (Å²) in [5.74, 6) is 0. The predicted octanol–water partition coefficient (Wildman–Crippen LogP) is 11.0. The highest BCUT2D eigenvalue weighted by Gasteiger charge is 2.36. The summed E-state index contributed by atoms with van der Waals surface area (Å²) in [6, 6.07) is 30.9. The van der Waals surface area contributed by atoms with Gasteiger partial charge in [-0.25, -0.2) is 9.97 Å². The van der Waals surface area contributed by atoms with E-state index in [1.165, 1.54) is 54.1 Å². The molecule has 0 radical (unpaired) electrons. The number of fused-ring (bicyclic) bond motifs is 6. The van der Waals surface area contributed by atoms with Gasteiger partial charge in [0.2, 0.25) is 0 Å².